The molecule has 1 saturated carbocycles. The maximum Gasteiger partial charge on any atom is 0.319 e. The molecule has 1 aromatic rings. The first kappa shape index (κ1) is 14.7. The Labute approximate surface area is 129 Å². The van der Waals surface area contributed by atoms with E-state index < -0.39 is 0 Å². The number of hydrogen-bond donors (Lipinski definition) is 2. The molecule has 1 aliphatic carbocycles. The summed E-state index contributed by atoms with van der Waals surface area (Å²) in [6.45, 7) is 2.55. The average Bonchev–Trinajstić information content (AvgIpc) is 2.99. The first-order valence-electron chi connectivity index (χ1n) is 7.76. The fourth-order valence-electron chi connectivity index (χ4n) is 3.05. The molecule has 1 aromatic carbocycles. The van der Waals surface area contributed by atoms with Gasteiger partial charge >= 0.3 is 6.03 Å². The van der Waals surface area contributed by atoms with Gasteiger partial charge < -0.3 is 20.3 Å². The molecule has 0 saturated heterocycles. The summed E-state index contributed by atoms with van der Waals surface area (Å²) in [5, 5.41) is 5.81. The largest absolute Gasteiger partial charge is 0.489 e. The number of carbonyl (C=O) groups is 2. The molecule has 0 radical (unpaired) electrons. The topological polar surface area (TPSA) is 70.7 Å². The molecule has 22 heavy (non-hydrogen) atoms. The predicted molar refractivity (Wildman–Crippen MR) is 84.4 cm³/mol. The third kappa shape index (κ3) is 3.16. The molecule has 2 aliphatic rings. The van der Waals surface area contributed by atoms with Gasteiger partial charge in [-0.15, -0.1) is 0 Å². The summed E-state index contributed by atoms with van der Waals surface area (Å²) in [6.07, 6.45) is 4.46. The Hall–Kier alpha value is -2.24. The van der Waals surface area contributed by atoms with Crippen LogP contribution in [0.5, 0.6) is 5.75 Å². The number of fused-ring (bicyclic) bond motifs is 1. The summed E-state index contributed by atoms with van der Waals surface area (Å²) in [7, 11) is 0. The third-order valence-electron chi connectivity index (χ3n) is 4.15. The first-order valence-corrected chi connectivity index (χ1v) is 7.76. The smallest absolute Gasteiger partial charge is 0.319 e. The quantitative estimate of drug-likeness (QED) is 0.882. The lowest BCUT2D eigenvalue weighted by atomic mass is 10.2. The normalized spacial score (nSPS) is 17.6. The third-order valence-corrected chi connectivity index (χ3v) is 4.15. The molecule has 3 amide bonds. The molecule has 118 valence electrons. The number of rotatable bonds is 2. The zero-order chi connectivity index (χ0) is 15.5. The molecule has 1 aliphatic heterocycles. The molecule has 0 unspecified atom stereocenters. The Morgan fingerprint density at radius 1 is 1.27 bits per heavy atom. The second kappa shape index (κ2) is 6.25. The van der Waals surface area contributed by atoms with E-state index in [1.807, 2.05) is 0 Å². The molecular weight excluding hydrogens is 282 g/mol. The molecule has 3 rings (SSSR count). The number of anilines is 2. The van der Waals surface area contributed by atoms with Gasteiger partial charge in [0.2, 0.25) is 5.91 Å². The van der Waals surface area contributed by atoms with Gasteiger partial charge in [-0.2, -0.15) is 0 Å². The summed E-state index contributed by atoms with van der Waals surface area (Å²) in [5.41, 5.74) is 1.42. The van der Waals surface area contributed by atoms with Crippen molar-refractivity contribution in [3.63, 3.8) is 0 Å². The maximum absolute atomic E-state index is 12.0. The van der Waals surface area contributed by atoms with Crippen molar-refractivity contribution in [1.82, 2.24) is 5.32 Å². The van der Waals surface area contributed by atoms with Crippen molar-refractivity contribution in [3.8, 4) is 5.75 Å². The lowest BCUT2D eigenvalue weighted by Crippen LogP contribution is -2.37. The average molecular weight is 303 g/mol. The standard InChI is InChI=1S/C16H21N3O3/c1-11(20)19-8-9-22-15-10-13(6-7-14(15)19)18-16(21)17-12-4-2-3-5-12/h6-7,10,12H,2-5,8-9H2,1H3,(H2,17,18,21). The van der Waals surface area contributed by atoms with Crippen molar-refractivity contribution in [3.05, 3.63) is 18.2 Å². The first-order chi connectivity index (χ1) is 10.6. The number of benzene rings is 1. The van der Waals surface area contributed by atoms with Crippen molar-refractivity contribution in [2.75, 3.05) is 23.4 Å². The van der Waals surface area contributed by atoms with Gasteiger partial charge in [0.1, 0.15) is 12.4 Å². The Balaban J connectivity index is 1.68. The highest BCUT2D eigenvalue weighted by molar-refractivity contribution is 5.95. The highest BCUT2D eigenvalue weighted by Crippen LogP contribution is 2.34. The summed E-state index contributed by atoms with van der Waals surface area (Å²) in [4.78, 5) is 25.3. The molecule has 6 heteroatoms. The van der Waals surface area contributed by atoms with E-state index in [1.54, 1.807) is 23.1 Å². The summed E-state index contributed by atoms with van der Waals surface area (Å²) < 4.78 is 5.59. The van der Waals surface area contributed by atoms with Crippen molar-refractivity contribution < 1.29 is 14.3 Å². The second-order valence-corrected chi connectivity index (χ2v) is 5.78. The van der Waals surface area contributed by atoms with Crippen LogP contribution in [0.3, 0.4) is 0 Å². The molecule has 0 bridgehead atoms. The van der Waals surface area contributed by atoms with Crippen LogP contribution in [0.25, 0.3) is 0 Å². The lowest BCUT2D eigenvalue weighted by Gasteiger charge is -2.29. The number of urea groups is 1. The van der Waals surface area contributed by atoms with Crippen LogP contribution in [-0.4, -0.2) is 31.1 Å². The van der Waals surface area contributed by atoms with Gasteiger partial charge in [0.05, 0.1) is 12.2 Å². The van der Waals surface area contributed by atoms with E-state index in [9.17, 15) is 9.59 Å². The van der Waals surface area contributed by atoms with Gasteiger partial charge in [-0.3, -0.25) is 4.79 Å². The van der Waals surface area contributed by atoms with E-state index in [1.165, 1.54) is 19.8 Å². The Morgan fingerprint density at radius 3 is 2.77 bits per heavy atom. The molecular formula is C16H21N3O3. The summed E-state index contributed by atoms with van der Waals surface area (Å²) in [5.74, 6) is 0.615. The van der Waals surface area contributed by atoms with Crippen LogP contribution in [0.1, 0.15) is 32.6 Å². The number of amides is 3. The van der Waals surface area contributed by atoms with Gasteiger partial charge in [-0.25, -0.2) is 4.79 Å². The predicted octanol–water partition coefficient (Wildman–Crippen LogP) is 2.50. The van der Waals surface area contributed by atoms with Gasteiger partial charge in [-0.05, 0) is 25.0 Å². The van der Waals surface area contributed by atoms with Crippen LogP contribution in [0.2, 0.25) is 0 Å². The zero-order valence-corrected chi connectivity index (χ0v) is 12.7. The monoisotopic (exact) mass is 303 g/mol. The van der Waals surface area contributed by atoms with Crippen molar-refractivity contribution >= 4 is 23.3 Å². The molecule has 1 heterocycles. The number of carbonyl (C=O) groups excluding carboxylic acids is 2. The van der Waals surface area contributed by atoms with E-state index in [4.69, 9.17) is 4.74 Å². The van der Waals surface area contributed by atoms with Gasteiger partial charge in [0.15, 0.2) is 0 Å². The molecule has 0 atom stereocenters. The van der Waals surface area contributed by atoms with Gasteiger partial charge in [0.25, 0.3) is 0 Å². The molecule has 0 spiro atoms. The highest BCUT2D eigenvalue weighted by atomic mass is 16.5. The van der Waals surface area contributed by atoms with Crippen LogP contribution in [0.4, 0.5) is 16.2 Å². The van der Waals surface area contributed by atoms with Crippen LogP contribution >= 0.6 is 0 Å². The maximum atomic E-state index is 12.0. The van der Waals surface area contributed by atoms with Crippen LogP contribution in [-0.2, 0) is 4.79 Å². The van der Waals surface area contributed by atoms with E-state index in [0.29, 0.717) is 24.6 Å². The van der Waals surface area contributed by atoms with Crippen molar-refractivity contribution in [2.45, 2.75) is 38.6 Å². The fraction of sp³-hybridized carbons (Fsp3) is 0.500. The second-order valence-electron chi connectivity index (χ2n) is 5.78. The Bertz CT molecular complexity index is 582. The molecule has 1 fully saturated rings. The number of hydrogen-bond acceptors (Lipinski definition) is 3. The minimum absolute atomic E-state index is 0.00997. The number of nitrogens with one attached hydrogen (secondary N) is 2. The lowest BCUT2D eigenvalue weighted by molar-refractivity contribution is -0.116. The molecule has 0 aromatic heterocycles. The van der Waals surface area contributed by atoms with Crippen molar-refractivity contribution in [2.24, 2.45) is 0 Å². The summed E-state index contributed by atoms with van der Waals surface area (Å²) >= 11 is 0. The summed E-state index contributed by atoms with van der Waals surface area (Å²) in [6, 6.07) is 5.45. The minimum atomic E-state index is -0.189. The van der Waals surface area contributed by atoms with E-state index >= 15 is 0 Å². The minimum Gasteiger partial charge on any atom is -0.489 e. The molecule has 2 N–H and O–H groups in total. The van der Waals surface area contributed by atoms with E-state index in [2.05, 4.69) is 10.6 Å². The van der Waals surface area contributed by atoms with E-state index in [-0.39, 0.29) is 18.0 Å². The number of ether oxygens (including phenoxy) is 1. The molecule has 6 nitrogen and oxygen atoms in total. The van der Waals surface area contributed by atoms with Crippen LogP contribution in [0.15, 0.2) is 18.2 Å². The van der Waals surface area contributed by atoms with E-state index in [0.717, 1.165) is 18.5 Å². The van der Waals surface area contributed by atoms with Gasteiger partial charge in [0, 0.05) is 24.7 Å². The zero-order valence-electron chi connectivity index (χ0n) is 12.7. The Morgan fingerprint density at radius 2 is 2.05 bits per heavy atom. The highest BCUT2D eigenvalue weighted by Gasteiger charge is 2.22. The SMILES string of the molecule is CC(=O)N1CCOc2cc(NC(=O)NC3CCCC3)ccc21. The Kier molecular flexibility index (Phi) is 4.18. The van der Waals surface area contributed by atoms with Crippen molar-refractivity contribution in [1.29, 1.82) is 0 Å². The number of nitrogens with zero attached hydrogens (tertiary/aromatic N) is 1. The van der Waals surface area contributed by atoms with Crippen LogP contribution in [0, 0.1) is 0 Å². The van der Waals surface area contributed by atoms with Crippen LogP contribution < -0.4 is 20.3 Å². The fourth-order valence-corrected chi connectivity index (χ4v) is 3.05. The van der Waals surface area contributed by atoms with Gasteiger partial charge in [-0.1, -0.05) is 12.8 Å².